The Morgan fingerprint density at radius 3 is 2.72 bits per heavy atom. The van der Waals surface area contributed by atoms with E-state index in [-0.39, 0.29) is 17.7 Å². The molecule has 2 amide bonds. The van der Waals surface area contributed by atoms with Gasteiger partial charge in [0.1, 0.15) is 10.8 Å². The first-order valence-electron chi connectivity index (χ1n) is 9.19. The van der Waals surface area contributed by atoms with Gasteiger partial charge in [-0.05, 0) is 43.3 Å². The maximum Gasteiger partial charge on any atom is 0.257 e. The Morgan fingerprint density at radius 1 is 1.21 bits per heavy atom. The fourth-order valence-corrected chi connectivity index (χ4v) is 4.12. The van der Waals surface area contributed by atoms with Gasteiger partial charge in [-0.1, -0.05) is 29.0 Å². The van der Waals surface area contributed by atoms with Crippen LogP contribution >= 0.6 is 11.3 Å². The van der Waals surface area contributed by atoms with Crippen molar-refractivity contribution in [3.63, 3.8) is 0 Å². The van der Waals surface area contributed by atoms with Gasteiger partial charge in [-0.15, -0.1) is 10.2 Å². The van der Waals surface area contributed by atoms with Crippen molar-refractivity contribution in [1.29, 1.82) is 0 Å². The zero-order valence-corrected chi connectivity index (χ0v) is 16.9. The Bertz CT molecular complexity index is 1050. The monoisotopic (exact) mass is 408 g/mol. The van der Waals surface area contributed by atoms with E-state index in [1.807, 2.05) is 49.4 Å². The van der Waals surface area contributed by atoms with Gasteiger partial charge in [0.25, 0.3) is 5.91 Å². The van der Waals surface area contributed by atoms with Crippen LogP contribution in [0, 0.1) is 6.92 Å². The number of anilines is 2. The summed E-state index contributed by atoms with van der Waals surface area (Å²) in [5, 5.41) is 12.3. The molecule has 4 rings (SSSR count). The molecule has 1 atom stereocenters. The molecule has 1 fully saturated rings. The molecule has 8 heteroatoms. The molecule has 2 aromatic carbocycles. The summed E-state index contributed by atoms with van der Waals surface area (Å²) in [6.45, 7) is 2.47. The van der Waals surface area contributed by atoms with Crippen molar-refractivity contribution >= 4 is 34.0 Å². The van der Waals surface area contributed by atoms with Crippen LogP contribution in [-0.4, -0.2) is 35.7 Å². The Morgan fingerprint density at radius 2 is 2.00 bits per heavy atom. The quantitative estimate of drug-likeness (QED) is 0.697. The van der Waals surface area contributed by atoms with Crippen LogP contribution in [0.4, 0.5) is 10.8 Å². The summed E-state index contributed by atoms with van der Waals surface area (Å²) >= 11 is 1.31. The highest BCUT2D eigenvalue weighted by Crippen LogP contribution is 2.34. The van der Waals surface area contributed by atoms with E-state index in [0.717, 1.165) is 22.0 Å². The van der Waals surface area contributed by atoms with E-state index in [0.29, 0.717) is 23.7 Å². The molecule has 0 aliphatic carbocycles. The number of rotatable bonds is 5. The number of hydrogen-bond acceptors (Lipinski definition) is 6. The molecule has 2 heterocycles. The third kappa shape index (κ3) is 4.12. The first-order valence-corrected chi connectivity index (χ1v) is 10.0. The number of nitrogens with one attached hydrogen (secondary N) is 1. The molecule has 1 aliphatic heterocycles. The van der Waals surface area contributed by atoms with E-state index in [1.54, 1.807) is 18.1 Å². The van der Waals surface area contributed by atoms with Gasteiger partial charge in [0, 0.05) is 30.1 Å². The minimum atomic E-state index is -0.223. The molecule has 0 radical (unpaired) electrons. The van der Waals surface area contributed by atoms with Gasteiger partial charge >= 0.3 is 0 Å². The van der Waals surface area contributed by atoms with Gasteiger partial charge in [0.2, 0.25) is 11.0 Å². The van der Waals surface area contributed by atoms with Gasteiger partial charge in [0.15, 0.2) is 0 Å². The van der Waals surface area contributed by atoms with Gasteiger partial charge in [-0.2, -0.15) is 0 Å². The molecule has 1 saturated heterocycles. The number of ether oxygens (including phenoxy) is 1. The lowest BCUT2D eigenvalue weighted by molar-refractivity contribution is -0.117. The second-order valence-corrected chi connectivity index (χ2v) is 7.88. The number of methoxy groups -OCH3 is 1. The Balaban J connectivity index is 1.44. The average molecular weight is 408 g/mol. The van der Waals surface area contributed by atoms with Crippen molar-refractivity contribution < 1.29 is 14.3 Å². The molecule has 1 aliphatic rings. The summed E-state index contributed by atoms with van der Waals surface area (Å²) in [7, 11) is 1.61. The molecule has 3 aromatic rings. The number of hydrogen-bond donors (Lipinski definition) is 1. The van der Waals surface area contributed by atoms with Crippen LogP contribution in [-0.2, 0) is 4.79 Å². The van der Waals surface area contributed by atoms with Crippen LogP contribution in [0.5, 0.6) is 5.75 Å². The third-order valence-corrected chi connectivity index (χ3v) is 5.80. The van der Waals surface area contributed by atoms with Gasteiger partial charge < -0.3 is 9.64 Å². The summed E-state index contributed by atoms with van der Waals surface area (Å²) in [4.78, 5) is 26.6. The molecule has 1 N–H and O–H groups in total. The van der Waals surface area contributed by atoms with Crippen molar-refractivity contribution in [2.45, 2.75) is 19.3 Å². The maximum absolute atomic E-state index is 12.5. The molecular formula is C21H20N4O3S. The van der Waals surface area contributed by atoms with Crippen LogP contribution in [0.15, 0.2) is 48.5 Å². The van der Waals surface area contributed by atoms with Crippen molar-refractivity contribution in [2.75, 3.05) is 23.9 Å². The Labute approximate surface area is 172 Å². The van der Waals surface area contributed by atoms with E-state index in [2.05, 4.69) is 15.5 Å². The molecule has 29 heavy (non-hydrogen) atoms. The van der Waals surface area contributed by atoms with Crippen LogP contribution in [0.3, 0.4) is 0 Å². The predicted molar refractivity (Wildman–Crippen MR) is 112 cm³/mol. The zero-order chi connectivity index (χ0) is 20.4. The lowest BCUT2D eigenvalue weighted by Gasteiger charge is -2.16. The smallest absolute Gasteiger partial charge is 0.257 e. The highest BCUT2D eigenvalue weighted by molar-refractivity contribution is 7.15. The number of carbonyl (C=O) groups excluding carboxylic acids is 2. The second-order valence-electron chi connectivity index (χ2n) is 6.87. The summed E-state index contributed by atoms with van der Waals surface area (Å²) in [6.07, 6.45) is 0.368. The highest BCUT2D eigenvalue weighted by atomic mass is 32.1. The molecular weight excluding hydrogens is 388 g/mol. The fraction of sp³-hybridized carbons (Fsp3) is 0.238. The predicted octanol–water partition coefficient (Wildman–Crippen LogP) is 3.63. The molecule has 0 saturated carbocycles. The van der Waals surface area contributed by atoms with Crippen LogP contribution in [0.1, 0.15) is 33.3 Å². The lowest BCUT2D eigenvalue weighted by Crippen LogP contribution is -2.24. The van der Waals surface area contributed by atoms with E-state index in [1.165, 1.54) is 11.3 Å². The lowest BCUT2D eigenvalue weighted by atomic mass is 10.1. The van der Waals surface area contributed by atoms with Crippen molar-refractivity contribution in [3.8, 4) is 5.75 Å². The van der Waals surface area contributed by atoms with Crippen molar-refractivity contribution in [2.24, 2.45) is 0 Å². The summed E-state index contributed by atoms with van der Waals surface area (Å²) in [5.74, 6) is 0.515. The number of aryl methyl sites for hydroxylation is 1. The van der Waals surface area contributed by atoms with E-state index >= 15 is 0 Å². The number of aromatic nitrogens is 2. The Kier molecular flexibility index (Phi) is 5.26. The normalized spacial score (nSPS) is 16.1. The molecule has 0 spiro atoms. The van der Waals surface area contributed by atoms with E-state index in [9.17, 15) is 9.59 Å². The largest absolute Gasteiger partial charge is 0.497 e. The van der Waals surface area contributed by atoms with E-state index in [4.69, 9.17) is 4.74 Å². The summed E-state index contributed by atoms with van der Waals surface area (Å²) < 4.78 is 5.17. The first kappa shape index (κ1) is 19.1. The summed E-state index contributed by atoms with van der Waals surface area (Å²) in [6, 6.07) is 14.8. The first-order chi connectivity index (χ1) is 14.0. The Hall–Kier alpha value is -3.26. The standard InChI is InChI=1S/C21H20N4O3S/c1-13-4-3-5-14(10-13)19(27)22-21-24-23-20(29-21)15-11-18(26)25(12-15)16-6-8-17(28-2)9-7-16/h3-10,15H,11-12H2,1-2H3,(H,22,24,27). The minimum Gasteiger partial charge on any atom is -0.497 e. The number of carbonyl (C=O) groups is 2. The van der Waals surface area contributed by atoms with E-state index < -0.39 is 0 Å². The topological polar surface area (TPSA) is 84.4 Å². The third-order valence-electron chi connectivity index (χ3n) is 4.80. The van der Waals surface area contributed by atoms with Crippen molar-refractivity contribution in [1.82, 2.24) is 10.2 Å². The molecule has 1 aromatic heterocycles. The van der Waals surface area contributed by atoms with Gasteiger partial charge in [-0.3, -0.25) is 14.9 Å². The fourth-order valence-electron chi connectivity index (χ4n) is 3.29. The number of benzene rings is 2. The van der Waals surface area contributed by atoms with Crippen LogP contribution < -0.4 is 15.0 Å². The molecule has 0 bridgehead atoms. The molecule has 7 nitrogen and oxygen atoms in total. The van der Waals surface area contributed by atoms with Crippen molar-refractivity contribution in [3.05, 3.63) is 64.7 Å². The van der Waals surface area contributed by atoms with Gasteiger partial charge in [-0.25, -0.2) is 0 Å². The SMILES string of the molecule is COc1ccc(N2CC(c3nnc(NC(=O)c4cccc(C)c4)s3)CC2=O)cc1. The second kappa shape index (κ2) is 8.00. The summed E-state index contributed by atoms with van der Waals surface area (Å²) in [5.41, 5.74) is 2.41. The number of nitrogens with zero attached hydrogens (tertiary/aromatic N) is 3. The number of amides is 2. The van der Waals surface area contributed by atoms with Crippen LogP contribution in [0.2, 0.25) is 0 Å². The minimum absolute atomic E-state index is 0.0423. The maximum atomic E-state index is 12.5. The average Bonchev–Trinajstić information content (AvgIpc) is 3.34. The highest BCUT2D eigenvalue weighted by Gasteiger charge is 2.34. The zero-order valence-electron chi connectivity index (χ0n) is 16.1. The molecule has 148 valence electrons. The molecule has 1 unspecified atom stereocenters. The van der Waals surface area contributed by atoms with Gasteiger partial charge in [0.05, 0.1) is 7.11 Å². The van der Waals surface area contributed by atoms with Crippen LogP contribution in [0.25, 0.3) is 0 Å².